The van der Waals surface area contributed by atoms with Crippen LogP contribution < -0.4 is 5.32 Å². The number of hydrogen-bond donors (Lipinski definition) is 1. The summed E-state index contributed by atoms with van der Waals surface area (Å²) in [5.74, 6) is -0.162. The highest BCUT2D eigenvalue weighted by atomic mass is 32.2. The van der Waals surface area contributed by atoms with E-state index in [0.29, 0.717) is 31.9 Å². The topological polar surface area (TPSA) is 79.0 Å². The van der Waals surface area contributed by atoms with Gasteiger partial charge in [0, 0.05) is 43.4 Å². The predicted molar refractivity (Wildman–Crippen MR) is 122 cm³/mol. The molecule has 1 aromatic carbocycles. The van der Waals surface area contributed by atoms with Gasteiger partial charge < -0.3 is 10.1 Å². The Hall–Kier alpha value is -1.78. The van der Waals surface area contributed by atoms with Crippen LogP contribution in [0.4, 0.5) is 5.69 Å². The van der Waals surface area contributed by atoms with Crippen molar-refractivity contribution in [1.82, 2.24) is 9.21 Å². The second-order valence-electron chi connectivity index (χ2n) is 8.07. The van der Waals surface area contributed by atoms with Crippen LogP contribution in [0.15, 0.2) is 46.7 Å². The SMILES string of the molecule is O=C(CN(Cc1cccs1)CC1CCCO1)Nc1cccc(S(=O)(=O)N2CCCC2)c1. The Labute approximate surface area is 188 Å². The number of carbonyl (C=O) groups is 1. The number of amides is 1. The van der Waals surface area contributed by atoms with E-state index in [9.17, 15) is 13.2 Å². The Morgan fingerprint density at radius 2 is 2.03 bits per heavy atom. The summed E-state index contributed by atoms with van der Waals surface area (Å²) in [6, 6.07) is 10.6. The molecule has 0 aliphatic carbocycles. The van der Waals surface area contributed by atoms with E-state index in [-0.39, 0.29) is 23.5 Å². The third-order valence-corrected chi connectivity index (χ3v) is 8.39. The molecule has 1 amide bonds. The third-order valence-electron chi connectivity index (χ3n) is 5.63. The molecule has 2 saturated heterocycles. The van der Waals surface area contributed by atoms with E-state index in [1.165, 1.54) is 9.18 Å². The summed E-state index contributed by atoms with van der Waals surface area (Å²) in [7, 11) is -3.51. The van der Waals surface area contributed by atoms with Gasteiger partial charge in [0.05, 0.1) is 17.5 Å². The predicted octanol–water partition coefficient (Wildman–Crippen LogP) is 3.15. The summed E-state index contributed by atoms with van der Waals surface area (Å²) < 4.78 is 32.9. The van der Waals surface area contributed by atoms with Crippen molar-refractivity contribution in [2.24, 2.45) is 0 Å². The van der Waals surface area contributed by atoms with Crippen LogP contribution >= 0.6 is 11.3 Å². The Morgan fingerprint density at radius 1 is 1.19 bits per heavy atom. The summed E-state index contributed by atoms with van der Waals surface area (Å²) in [4.78, 5) is 16.3. The van der Waals surface area contributed by atoms with E-state index in [0.717, 1.165) is 32.3 Å². The molecule has 0 saturated carbocycles. The Bertz CT molecular complexity index is 966. The highest BCUT2D eigenvalue weighted by molar-refractivity contribution is 7.89. The van der Waals surface area contributed by atoms with Gasteiger partial charge in [-0.2, -0.15) is 4.31 Å². The summed E-state index contributed by atoms with van der Waals surface area (Å²) in [6.07, 6.45) is 4.00. The van der Waals surface area contributed by atoms with Gasteiger partial charge in [0.25, 0.3) is 0 Å². The fourth-order valence-electron chi connectivity index (χ4n) is 4.10. The zero-order valence-electron chi connectivity index (χ0n) is 17.5. The molecule has 168 valence electrons. The molecule has 2 aliphatic rings. The van der Waals surface area contributed by atoms with Crippen LogP contribution in [0.25, 0.3) is 0 Å². The second kappa shape index (κ2) is 10.2. The van der Waals surface area contributed by atoms with Gasteiger partial charge in [0.15, 0.2) is 0 Å². The smallest absolute Gasteiger partial charge is 0.243 e. The van der Waals surface area contributed by atoms with E-state index in [1.54, 1.807) is 35.6 Å². The van der Waals surface area contributed by atoms with E-state index < -0.39 is 10.0 Å². The normalized spacial score (nSPS) is 19.8. The number of nitrogens with zero attached hydrogens (tertiary/aromatic N) is 2. The molecule has 3 heterocycles. The Balaban J connectivity index is 1.41. The van der Waals surface area contributed by atoms with Crippen molar-refractivity contribution in [3.8, 4) is 0 Å². The highest BCUT2D eigenvalue weighted by Crippen LogP contribution is 2.23. The standard InChI is InChI=1S/C22H29N3O4S2/c26-22(17-24(15-19-7-4-12-29-19)16-20-8-5-13-30-20)23-18-6-3-9-21(14-18)31(27,28)25-10-1-2-11-25/h3,5-6,8-9,13-14,19H,1-2,4,7,10-12,15-17H2,(H,23,26). The van der Waals surface area contributed by atoms with Gasteiger partial charge in [-0.05, 0) is 55.3 Å². The van der Waals surface area contributed by atoms with Crippen molar-refractivity contribution >= 4 is 33.0 Å². The third kappa shape index (κ3) is 5.93. The van der Waals surface area contributed by atoms with Crippen molar-refractivity contribution in [3.05, 3.63) is 46.7 Å². The van der Waals surface area contributed by atoms with Crippen molar-refractivity contribution in [2.75, 3.05) is 38.1 Å². The number of ether oxygens (including phenoxy) is 1. The molecule has 4 rings (SSSR count). The number of benzene rings is 1. The fourth-order valence-corrected chi connectivity index (χ4v) is 6.41. The van der Waals surface area contributed by atoms with Crippen molar-refractivity contribution in [1.29, 1.82) is 0 Å². The highest BCUT2D eigenvalue weighted by Gasteiger charge is 2.27. The van der Waals surface area contributed by atoms with Gasteiger partial charge in [-0.25, -0.2) is 8.42 Å². The van der Waals surface area contributed by atoms with Crippen LogP contribution in [-0.2, 0) is 26.1 Å². The van der Waals surface area contributed by atoms with Crippen LogP contribution in [-0.4, -0.2) is 62.4 Å². The van der Waals surface area contributed by atoms with Gasteiger partial charge in [-0.1, -0.05) is 12.1 Å². The van der Waals surface area contributed by atoms with E-state index in [2.05, 4.69) is 16.3 Å². The first-order valence-electron chi connectivity index (χ1n) is 10.8. The Morgan fingerprint density at radius 3 is 2.74 bits per heavy atom. The number of sulfonamides is 1. The minimum absolute atomic E-state index is 0.154. The zero-order valence-corrected chi connectivity index (χ0v) is 19.2. The molecule has 0 radical (unpaired) electrons. The van der Waals surface area contributed by atoms with Crippen LogP contribution in [0.3, 0.4) is 0 Å². The maximum Gasteiger partial charge on any atom is 0.243 e. The maximum absolute atomic E-state index is 12.8. The molecule has 1 atom stereocenters. The first kappa shape index (κ1) is 22.4. The minimum Gasteiger partial charge on any atom is -0.377 e. The molecule has 1 unspecified atom stereocenters. The number of nitrogens with one attached hydrogen (secondary N) is 1. The Kier molecular flexibility index (Phi) is 7.39. The van der Waals surface area contributed by atoms with Crippen LogP contribution in [0.2, 0.25) is 0 Å². The number of thiophene rings is 1. The molecule has 2 aliphatic heterocycles. The maximum atomic E-state index is 12.8. The summed E-state index contributed by atoms with van der Waals surface area (Å²) in [5, 5.41) is 4.91. The summed E-state index contributed by atoms with van der Waals surface area (Å²) in [6.45, 7) is 3.51. The number of anilines is 1. The average molecular weight is 464 g/mol. The molecule has 0 spiro atoms. The first-order chi connectivity index (χ1) is 15.0. The van der Waals surface area contributed by atoms with Gasteiger partial charge in [0.1, 0.15) is 0 Å². The molecular weight excluding hydrogens is 434 g/mol. The second-order valence-corrected chi connectivity index (χ2v) is 11.0. The number of hydrogen-bond acceptors (Lipinski definition) is 6. The number of rotatable bonds is 9. The molecule has 1 aromatic heterocycles. The van der Waals surface area contributed by atoms with Crippen LogP contribution in [0.5, 0.6) is 0 Å². The first-order valence-corrected chi connectivity index (χ1v) is 13.1. The molecule has 2 aromatic rings. The minimum atomic E-state index is -3.51. The van der Waals surface area contributed by atoms with Gasteiger partial charge in [-0.3, -0.25) is 9.69 Å². The average Bonchev–Trinajstić information content (AvgIpc) is 3.52. The van der Waals surface area contributed by atoms with Crippen LogP contribution in [0.1, 0.15) is 30.6 Å². The lowest BCUT2D eigenvalue weighted by molar-refractivity contribution is -0.117. The summed E-state index contributed by atoms with van der Waals surface area (Å²) in [5.41, 5.74) is 0.499. The van der Waals surface area contributed by atoms with Gasteiger partial charge >= 0.3 is 0 Å². The van der Waals surface area contributed by atoms with Crippen molar-refractivity contribution < 1.29 is 17.9 Å². The van der Waals surface area contributed by atoms with Gasteiger partial charge in [-0.15, -0.1) is 11.3 Å². The summed E-state index contributed by atoms with van der Waals surface area (Å²) >= 11 is 1.67. The lowest BCUT2D eigenvalue weighted by atomic mass is 10.2. The monoisotopic (exact) mass is 463 g/mol. The van der Waals surface area contributed by atoms with Gasteiger partial charge in [0.2, 0.25) is 15.9 Å². The fraction of sp³-hybridized carbons (Fsp3) is 0.500. The lowest BCUT2D eigenvalue weighted by Crippen LogP contribution is -2.37. The largest absolute Gasteiger partial charge is 0.377 e. The molecule has 9 heteroatoms. The van der Waals surface area contributed by atoms with E-state index in [1.807, 2.05) is 11.4 Å². The zero-order chi connectivity index (χ0) is 21.7. The lowest BCUT2D eigenvalue weighted by Gasteiger charge is -2.24. The quantitative estimate of drug-likeness (QED) is 0.618. The number of carbonyl (C=O) groups excluding carboxylic acids is 1. The molecule has 7 nitrogen and oxygen atoms in total. The molecular formula is C22H29N3O4S2. The molecule has 2 fully saturated rings. The van der Waals surface area contributed by atoms with Crippen molar-refractivity contribution in [3.63, 3.8) is 0 Å². The molecule has 0 bridgehead atoms. The van der Waals surface area contributed by atoms with Crippen molar-refractivity contribution in [2.45, 2.75) is 43.2 Å². The van der Waals surface area contributed by atoms with E-state index in [4.69, 9.17) is 4.74 Å². The van der Waals surface area contributed by atoms with E-state index >= 15 is 0 Å². The molecule has 1 N–H and O–H groups in total. The van der Waals surface area contributed by atoms with Crippen LogP contribution in [0, 0.1) is 0 Å². The molecule has 31 heavy (non-hydrogen) atoms.